The average molecular weight is 467 g/mol. The Balaban J connectivity index is 2.25. The van der Waals surface area contributed by atoms with Crippen molar-refractivity contribution in [3.05, 3.63) is 57.1 Å². The smallest absolute Gasteiger partial charge is 0.338 e. The van der Waals surface area contributed by atoms with Gasteiger partial charge in [0.1, 0.15) is 16.5 Å². The number of urea groups is 1. The molecule has 3 rings (SSSR count). The van der Waals surface area contributed by atoms with Crippen LogP contribution in [0, 0.1) is 0 Å². The summed E-state index contributed by atoms with van der Waals surface area (Å²) in [4.78, 5) is 25.5. The van der Waals surface area contributed by atoms with Gasteiger partial charge in [-0.15, -0.1) is 0 Å². The molecule has 1 aliphatic rings. The highest BCUT2D eigenvalue weighted by molar-refractivity contribution is 6.38. The van der Waals surface area contributed by atoms with Crippen molar-refractivity contribution in [1.29, 1.82) is 0 Å². The van der Waals surface area contributed by atoms with Crippen molar-refractivity contribution >= 4 is 40.9 Å². The van der Waals surface area contributed by atoms with Crippen LogP contribution in [0.2, 0.25) is 10.0 Å². The van der Waals surface area contributed by atoms with Gasteiger partial charge in [0, 0.05) is 5.56 Å². The van der Waals surface area contributed by atoms with Crippen molar-refractivity contribution in [2.45, 2.75) is 26.0 Å². The van der Waals surface area contributed by atoms with Crippen LogP contribution < -0.4 is 15.4 Å². The first-order chi connectivity index (χ1) is 14.6. The second-order valence-corrected chi connectivity index (χ2v) is 7.75. The highest BCUT2D eigenvalue weighted by Crippen LogP contribution is 2.45. The molecule has 10 heteroatoms. The fourth-order valence-corrected chi connectivity index (χ4v) is 3.59. The summed E-state index contributed by atoms with van der Waals surface area (Å²) in [6, 6.07) is 6.10. The molecule has 0 aliphatic carbocycles. The van der Waals surface area contributed by atoms with E-state index in [-0.39, 0.29) is 21.9 Å². The molecule has 2 aromatic carbocycles. The van der Waals surface area contributed by atoms with E-state index in [1.54, 1.807) is 38.1 Å². The minimum absolute atomic E-state index is 0.0179. The number of carbonyl (C=O) groups is 2. The number of esters is 1. The quantitative estimate of drug-likeness (QED) is 0.492. The third-order valence-electron chi connectivity index (χ3n) is 4.52. The number of carbonyl (C=O) groups excluding carboxylic acids is 2. The lowest BCUT2D eigenvalue weighted by Crippen LogP contribution is -2.45. The normalized spacial score (nSPS) is 16.1. The van der Waals surface area contributed by atoms with E-state index in [1.807, 2.05) is 0 Å². The predicted octanol–water partition coefficient (Wildman–Crippen LogP) is 4.13. The Bertz CT molecular complexity index is 1070. The molecule has 0 saturated carbocycles. The first-order valence-electron chi connectivity index (χ1n) is 9.21. The predicted molar refractivity (Wildman–Crippen MR) is 115 cm³/mol. The fourth-order valence-electron chi connectivity index (χ4n) is 3.12. The monoisotopic (exact) mass is 466 g/mol. The topological polar surface area (TPSA) is 117 Å². The number of benzene rings is 2. The van der Waals surface area contributed by atoms with Gasteiger partial charge in [-0.2, -0.15) is 0 Å². The van der Waals surface area contributed by atoms with Crippen LogP contribution in [0.25, 0.3) is 5.70 Å². The third-order valence-corrected chi connectivity index (χ3v) is 5.17. The molecular weight excluding hydrogens is 447 g/mol. The number of phenols is 2. The van der Waals surface area contributed by atoms with Gasteiger partial charge in [-0.25, -0.2) is 9.59 Å². The molecule has 0 aromatic heterocycles. The number of phenolic OH excluding ortho intramolecular Hbond substituents is 2. The molecule has 0 saturated heterocycles. The molecule has 1 unspecified atom stereocenters. The van der Waals surface area contributed by atoms with Crippen LogP contribution in [-0.2, 0) is 9.53 Å². The number of hydrogen-bond donors (Lipinski definition) is 4. The van der Waals surface area contributed by atoms with Gasteiger partial charge in [-0.3, -0.25) is 0 Å². The van der Waals surface area contributed by atoms with Crippen molar-refractivity contribution in [2.75, 3.05) is 7.11 Å². The molecule has 0 fully saturated rings. The van der Waals surface area contributed by atoms with Crippen molar-refractivity contribution in [3.63, 3.8) is 0 Å². The van der Waals surface area contributed by atoms with Crippen LogP contribution in [-0.4, -0.2) is 35.4 Å². The Kier molecular flexibility index (Phi) is 6.52. The summed E-state index contributed by atoms with van der Waals surface area (Å²) in [6.07, 6.45) is -0.448. The lowest BCUT2D eigenvalue weighted by atomic mass is 9.92. The SMILES string of the molecule is COc1ccc(C2=C(C(=O)OC(C)C)C(c3cc(Cl)c(O)c(Cl)c3O)NC(=O)N2)cc1. The van der Waals surface area contributed by atoms with E-state index in [0.717, 1.165) is 0 Å². The van der Waals surface area contributed by atoms with Gasteiger partial charge in [0.05, 0.1) is 35.5 Å². The molecular formula is C21H20Cl2N2O6. The number of ether oxygens (including phenoxy) is 2. The maximum atomic E-state index is 13.1. The van der Waals surface area contributed by atoms with E-state index in [4.69, 9.17) is 32.7 Å². The molecule has 2 amide bonds. The van der Waals surface area contributed by atoms with Crippen LogP contribution in [0.5, 0.6) is 17.2 Å². The van der Waals surface area contributed by atoms with E-state index in [0.29, 0.717) is 11.3 Å². The molecule has 8 nitrogen and oxygen atoms in total. The van der Waals surface area contributed by atoms with E-state index < -0.39 is 40.7 Å². The summed E-state index contributed by atoms with van der Waals surface area (Å²) in [5, 5.41) is 25.1. The molecule has 2 aromatic rings. The lowest BCUT2D eigenvalue weighted by Gasteiger charge is -2.30. The Hall–Kier alpha value is -3.10. The summed E-state index contributed by atoms with van der Waals surface area (Å²) >= 11 is 12.0. The van der Waals surface area contributed by atoms with Crippen molar-refractivity contribution in [2.24, 2.45) is 0 Å². The van der Waals surface area contributed by atoms with Gasteiger partial charge in [-0.1, -0.05) is 23.2 Å². The van der Waals surface area contributed by atoms with Crippen LogP contribution >= 0.6 is 23.2 Å². The van der Waals surface area contributed by atoms with E-state index in [9.17, 15) is 19.8 Å². The van der Waals surface area contributed by atoms with Gasteiger partial charge in [0.25, 0.3) is 0 Å². The summed E-state index contributed by atoms with van der Waals surface area (Å²) < 4.78 is 10.5. The minimum Gasteiger partial charge on any atom is -0.506 e. The number of amides is 2. The maximum absolute atomic E-state index is 13.1. The van der Waals surface area contributed by atoms with Crippen LogP contribution in [0.15, 0.2) is 35.9 Å². The Morgan fingerprint density at radius 1 is 1.13 bits per heavy atom. The van der Waals surface area contributed by atoms with Gasteiger partial charge >= 0.3 is 12.0 Å². The highest BCUT2D eigenvalue weighted by Gasteiger charge is 2.37. The zero-order valence-electron chi connectivity index (χ0n) is 16.8. The average Bonchev–Trinajstić information content (AvgIpc) is 2.73. The Morgan fingerprint density at radius 3 is 2.35 bits per heavy atom. The second kappa shape index (κ2) is 8.95. The lowest BCUT2D eigenvalue weighted by molar-refractivity contribution is -0.143. The van der Waals surface area contributed by atoms with Crippen LogP contribution in [0.1, 0.15) is 31.0 Å². The van der Waals surface area contributed by atoms with E-state index in [2.05, 4.69) is 10.6 Å². The number of halogens is 2. The van der Waals surface area contributed by atoms with Crippen molar-refractivity contribution < 1.29 is 29.3 Å². The molecule has 1 atom stereocenters. The van der Waals surface area contributed by atoms with Crippen LogP contribution in [0.4, 0.5) is 4.79 Å². The minimum atomic E-state index is -1.16. The van der Waals surface area contributed by atoms with Gasteiger partial charge in [0.15, 0.2) is 5.75 Å². The zero-order chi connectivity index (χ0) is 22.9. The Labute approximate surface area is 188 Å². The molecule has 1 heterocycles. The molecule has 0 spiro atoms. The largest absolute Gasteiger partial charge is 0.506 e. The second-order valence-electron chi connectivity index (χ2n) is 6.96. The number of nitrogens with one attached hydrogen (secondary N) is 2. The summed E-state index contributed by atoms with van der Waals surface area (Å²) in [6.45, 7) is 3.36. The number of hydrogen-bond acceptors (Lipinski definition) is 6. The summed E-state index contributed by atoms with van der Waals surface area (Å²) in [7, 11) is 1.52. The molecule has 0 radical (unpaired) electrons. The molecule has 164 valence electrons. The standard InChI is InChI=1S/C21H20Cl2N2O6/c1-9(2)31-20(28)14-16(10-4-6-11(30-3)7-5-10)24-21(29)25-17(14)12-8-13(22)19(27)15(23)18(12)26/h4-9,17,26-27H,1-3H3,(H2,24,25,29). The fraction of sp³-hybridized carbons (Fsp3) is 0.238. The zero-order valence-corrected chi connectivity index (χ0v) is 18.3. The molecule has 31 heavy (non-hydrogen) atoms. The van der Waals surface area contributed by atoms with Crippen molar-refractivity contribution in [3.8, 4) is 17.2 Å². The van der Waals surface area contributed by atoms with Crippen molar-refractivity contribution in [1.82, 2.24) is 10.6 Å². The highest BCUT2D eigenvalue weighted by atomic mass is 35.5. The third kappa shape index (κ3) is 4.50. The van der Waals surface area contributed by atoms with E-state index in [1.165, 1.54) is 13.2 Å². The van der Waals surface area contributed by atoms with Gasteiger partial charge < -0.3 is 30.3 Å². The summed E-state index contributed by atoms with van der Waals surface area (Å²) in [5.41, 5.74) is 0.726. The van der Waals surface area contributed by atoms with Crippen LogP contribution in [0.3, 0.4) is 0 Å². The summed E-state index contributed by atoms with van der Waals surface area (Å²) in [5.74, 6) is -1.18. The number of rotatable bonds is 5. The maximum Gasteiger partial charge on any atom is 0.338 e. The number of methoxy groups -OCH3 is 1. The van der Waals surface area contributed by atoms with Gasteiger partial charge in [-0.05, 0) is 49.7 Å². The first-order valence-corrected chi connectivity index (χ1v) is 9.96. The molecule has 4 N–H and O–H groups in total. The number of aromatic hydroxyl groups is 2. The first kappa shape index (κ1) is 22.6. The van der Waals surface area contributed by atoms with Gasteiger partial charge in [0.2, 0.25) is 0 Å². The molecule has 1 aliphatic heterocycles. The van der Waals surface area contributed by atoms with E-state index >= 15 is 0 Å². The Morgan fingerprint density at radius 2 is 1.77 bits per heavy atom. The molecule has 0 bridgehead atoms.